The summed E-state index contributed by atoms with van der Waals surface area (Å²) in [5.74, 6) is -6.05. The summed E-state index contributed by atoms with van der Waals surface area (Å²) in [6.07, 6.45) is 11.2. The number of aromatic carboxylic acids is 1. The smallest absolute Gasteiger partial charge is 0.408 e. The third kappa shape index (κ3) is 19.2. The summed E-state index contributed by atoms with van der Waals surface area (Å²) in [7, 11) is -3.40. The first kappa shape index (κ1) is 77.9. The van der Waals surface area contributed by atoms with Gasteiger partial charge in [0.15, 0.2) is 10.8 Å². The summed E-state index contributed by atoms with van der Waals surface area (Å²) in [5.41, 5.74) is 10.0. The minimum absolute atomic E-state index is 0.00942. The van der Waals surface area contributed by atoms with Crippen molar-refractivity contribution in [3.63, 3.8) is 0 Å². The number of primary amides is 1. The molecular formula is C75H92N14O16S2. The van der Waals surface area contributed by atoms with Gasteiger partial charge >= 0.3 is 24.1 Å². The molecule has 0 saturated heterocycles. The average molecular weight is 1510 g/mol. The molecule has 4 aliphatic carbocycles. The molecule has 3 aromatic carbocycles. The summed E-state index contributed by atoms with van der Waals surface area (Å²) in [5, 5.41) is 32.1. The van der Waals surface area contributed by atoms with Gasteiger partial charge in [0, 0.05) is 92.1 Å². The number of amides is 11. The Morgan fingerprint density at radius 1 is 0.804 bits per heavy atom. The van der Waals surface area contributed by atoms with Gasteiger partial charge in [-0.2, -0.15) is 13.5 Å². The van der Waals surface area contributed by atoms with E-state index < -0.39 is 87.2 Å². The van der Waals surface area contributed by atoms with Crippen molar-refractivity contribution in [2.24, 2.45) is 27.9 Å². The third-order valence-corrected chi connectivity index (χ3v) is 22.4. The summed E-state index contributed by atoms with van der Waals surface area (Å²) in [6.45, 7) is 10.9. The van der Waals surface area contributed by atoms with Crippen LogP contribution >= 0.6 is 11.3 Å². The van der Waals surface area contributed by atoms with E-state index in [1.165, 1.54) is 59.7 Å². The predicted octanol–water partition coefficient (Wildman–Crippen LogP) is 8.49. The highest BCUT2D eigenvalue weighted by molar-refractivity contribution is 7.85. The van der Waals surface area contributed by atoms with Crippen molar-refractivity contribution in [1.82, 2.24) is 50.8 Å². The maximum absolute atomic E-state index is 14.1. The van der Waals surface area contributed by atoms with Crippen molar-refractivity contribution < 1.29 is 75.5 Å². The van der Waals surface area contributed by atoms with Crippen molar-refractivity contribution in [1.29, 1.82) is 0 Å². The van der Waals surface area contributed by atoms with Crippen molar-refractivity contribution in [3.8, 4) is 22.4 Å². The largest absolute Gasteiger partial charge is 0.476 e. The normalized spacial score (nSPS) is 20.8. The lowest BCUT2D eigenvalue weighted by molar-refractivity contribution is -0.248. The molecular weight excluding hydrogens is 1420 g/mol. The summed E-state index contributed by atoms with van der Waals surface area (Å²) in [4.78, 5) is 143. The van der Waals surface area contributed by atoms with Gasteiger partial charge in [0.25, 0.3) is 21.9 Å². The van der Waals surface area contributed by atoms with Gasteiger partial charge in [-0.25, -0.2) is 29.1 Å². The van der Waals surface area contributed by atoms with Crippen LogP contribution in [-0.4, -0.2) is 177 Å². The second-order valence-electron chi connectivity index (χ2n) is 30.2. The van der Waals surface area contributed by atoms with Crippen molar-refractivity contribution in [2.75, 3.05) is 61.1 Å². The Labute approximate surface area is 623 Å². The van der Waals surface area contributed by atoms with Crippen molar-refractivity contribution in [2.45, 2.75) is 161 Å². The topological polar surface area (TPSA) is 415 Å². The molecule has 6 aromatic rings. The average Bonchev–Trinajstić information content (AvgIpc) is 1.42. The minimum atomic E-state index is -4.84. The van der Waals surface area contributed by atoms with Gasteiger partial charge in [-0.1, -0.05) is 81.9 Å². The molecule has 0 radical (unpaired) electrons. The first-order valence-electron chi connectivity index (χ1n) is 36.0. The second kappa shape index (κ2) is 32.5. The molecule has 0 spiro atoms. The highest BCUT2D eigenvalue weighted by Crippen LogP contribution is 2.72. The standard InChI is InChI=1S/C75H92N14O16S2/c1-45(2)62(84-59(90)18-8-7-11-30-88-60(91)27-28-61(88)92)65(94)81-55(16-12-29-77-68(76)98)64(93)79-50-23-19-47(20-24-50)36-104-71(100)83-56(37-107(101,102)103)66(95)86(6)32-33-105-75-41-72(4)38-73(5,42-75)40-74(39-72,43-75)44-89-46(3)52(35-78-89)51-25-26-53(80-63(51)67(96)97)49-22-21-48-14-13-31-87(57(48)34-49)70(99)85-69-82-54-15-9-10-17-58(54)106-69/h9-10,15,17,19-28,34-35,45,55-56,62H,7-8,11-14,16,18,29-33,36-44H2,1-6H3,(H,79,93)(H,81,94)(H,83,100)(H,84,90)(H,96,97)(H3,76,77,98)(H,82,85,99)(H,101,102,103)/t55-,56-,62-,72?,73?,74?,75?/m0/s1. The maximum atomic E-state index is 14.1. The number of thiazole rings is 1. The van der Waals surface area contributed by atoms with Crippen molar-refractivity contribution in [3.05, 3.63) is 120 Å². The molecule has 10 N–H and O–H groups in total. The Morgan fingerprint density at radius 3 is 2.22 bits per heavy atom. The number of hydrogen-bond acceptors (Lipinski definition) is 18. The molecule has 3 aromatic heterocycles. The number of aryl methyl sites for hydroxylation is 1. The first-order valence-corrected chi connectivity index (χ1v) is 38.4. The lowest BCUT2D eigenvalue weighted by Gasteiger charge is -2.69. The van der Waals surface area contributed by atoms with Gasteiger partial charge in [0.05, 0.1) is 34.3 Å². The zero-order chi connectivity index (χ0) is 76.8. The molecule has 30 nitrogen and oxygen atoms in total. The molecule has 12 rings (SSSR count). The number of likely N-dealkylation sites (N-methyl/N-ethyl adjacent to an activating group) is 1. The van der Waals surface area contributed by atoms with Crippen molar-refractivity contribution >= 4 is 108 Å². The van der Waals surface area contributed by atoms with Crippen LogP contribution in [0.2, 0.25) is 0 Å². The number of nitrogens with two attached hydrogens (primary N) is 1. The zero-order valence-corrected chi connectivity index (χ0v) is 62.4. The van der Waals surface area contributed by atoms with Crippen LogP contribution in [0.25, 0.3) is 32.6 Å². The molecule has 4 bridgehead atoms. The van der Waals surface area contributed by atoms with Gasteiger partial charge < -0.3 is 51.8 Å². The summed E-state index contributed by atoms with van der Waals surface area (Å²) in [6, 6.07) is 18.0. The van der Waals surface area contributed by atoms with E-state index in [1.807, 2.05) is 54.1 Å². The van der Waals surface area contributed by atoms with Gasteiger partial charge in [-0.05, 0) is 160 Å². The van der Waals surface area contributed by atoms with Crippen LogP contribution in [0.5, 0.6) is 0 Å². The quantitative estimate of drug-likeness (QED) is 0.0108. The number of anilines is 3. The Hall–Kier alpha value is -10.2. The molecule has 5 heterocycles. The third-order valence-electron chi connectivity index (χ3n) is 20.7. The number of aromatic nitrogens is 4. The number of carboxylic acids is 1. The van der Waals surface area contributed by atoms with Gasteiger partial charge in [0.1, 0.15) is 30.5 Å². The Morgan fingerprint density at radius 2 is 1.53 bits per heavy atom. The molecule has 107 heavy (non-hydrogen) atoms. The fourth-order valence-electron chi connectivity index (χ4n) is 17.0. The second-order valence-corrected chi connectivity index (χ2v) is 32.7. The number of para-hydroxylation sites is 1. The number of carbonyl (C=O) groups is 10. The van der Waals surface area contributed by atoms with Crippen LogP contribution < -0.4 is 42.5 Å². The van der Waals surface area contributed by atoms with E-state index in [1.54, 1.807) is 37.1 Å². The van der Waals surface area contributed by atoms with Crippen LogP contribution in [0.15, 0.2) is 97.2 Å². The summed E-state index contributed by atoms with van der Waals surface area (Å²) < 4.78 is 49.9. The van der Waals surface area contributed by atoms with Crippen LogP contribution in [0, 0.1) is 29.1 Å². The van der Waals surface area contributed by atoms with E-state index in [2.05, 4.69) is 50.7 Å². The number of pyridine rings is 1. The number of urea groups is 2. The number of rotatable bonds is 32. The molecule has 2 unspecified atom stereocenters. The number of unbranched alkanes of at least 4 members (excludes halogenated alkanes) is 2. The molecule has 6 aliphatic rings. The minimum Gasteiger partial charge on any atom is -0.476 e. The Balaban J connectivity index is 0.676. The highest BCUT2D eigenvalue weighted by Gasteiger charge is 2.66. The fourth-order valence-corrected chi connectivity index (χ4v) is 18.5. The Kier molecular flexibility index (Phi) is 23.7. The predicted molar refractivity (Wildman–Crippen MR) is 398 cm³/mol. The highest BCUT2D eigenvalue weighted by atomic mass is 32.2. The van der Waals surface area contributed by atoms with E-state index in [4.69, 9.17) is 25.3 Å². The molecule has 4 fully saturated rings. The van der Waals surface area contributed by atoms with Crippen LogP contribution in [0.1, 0.15) is 138 Å². The first-order chi connectivity index (χ1) is 50.8. The molecule has 4 saturated carbocycles. The van der Waals surface area contributed by atoms with Gasteiger partial charge in [0.2, 0.25) is 23.6 Å². The van der Waals surface area contributed by atoms with Crippen LogP contribution in [0.4, 0.5) is 30.9 Å². The summed E-state index contributed by atoms with van der Waals surface area (Å²) >= 11 is 1.39. The number of nitrogens with one attached hydrogen (secondary N) is 6. The molecule has 2 aliphatic heterocycles. The number of ether oxygens (including phenoxy) is 2. The lowest BCUT2D eigenvalue weighted by atomic mass is 9.39. The lowest BCUT2D eigenvalue weighted by Crippen LogP contribution is -2.64. The van der Waals surface area contributed by atoms with E-state index >= 15 is 0 Å². The zero-order valence-electron chi connectivity index (χ0n) is 60.7. The molecule has 570 valence electrons. The van der Waals surface area contributed by atoms with E-state index in [0.717, 1.165) is 71.3 Å². The number of benzene rings is 3. The van der Waals surface area contributed by atoms with Crippen LogP contribution in [0.3, 0.4) is 0 Å². The number of carbonyl (C=O) groups excluding carboxylic acids is 9. The van der Waals surface area contributed by atoms with E-state index in [0.29, 0.717) is 77.5 Å². The number of imide groups is 1. The SMILES string of the molecule is Cc1c(-c2ccc(-c3ccc4c(c3)N(C(=O)Nc3nc5ccccc5s3)CCC4)nc2C(=O)O)cnn1CC12CC3(C)CC(C)(C1)CC(OCCN(C)C(=O)[C@H](CS(=O)(=O)O)NC(=O)OCc1ccc(NC(=O)[C@H](CCCNC(N)=O)NC(=O)[C@@H](NC(=O)CCCCCN4C(=O)C=CC4=O)C(C)C)cc1)(C3)C2. The fraction of sp³-hybridized carbons (Fsp3) is 0.480. The number of fused-ring (bicyclic) bond motifs is 2. The van der Waals surface area contributed by atoms with Gasteiger partial charge in [-0.15, -0.1) is 0 Å². The number of alkyl carbamates (subject to hydrolysis) is 1. The monoisotopic (exact) mass is 1510 g/mol. The van der Waals surface area contributed by atoms with E-state index in [-0.39, 0.29) is 97.6 Å². The number of hydrogen-bond donors (Lipinski definition) is 9. The number of nitrogens with zero attached hydrogens (tertiary/aromatic N) is 7. The van der Waals surface area contributed by atoms with Crippen LogP contribution in [-0.2, 0) is 67.9 Å². The molecule has 32 heteroatoms. The van der Waals surface area contributed by atoms with E-state index in [9.17, 15) is 66.0 Å². The molecule has 11 amide bonds. The Bertz CT molecular complexity index is 4510. The number of carboxylic acid groups (broad SMARTS) is 1. The maximum Gasteiger partial charge on any atom is 0.408 e. The van der Waals surface area contributed by atoms with Gasteiger partial charge in [-0.3, -0.25) is 53.1 Å². The molecule has 5 atom stereocenters.